The third-order valence-electron chi connectivity index (χ3n) is 5.26. The summed E-state index contributed by atoms with van der Waals surface area (Å²) >= 11 is 14.1. The standard InChI is InChI=1S/C22H22Cl2F2N2O4S/c23-15-9-27-10-16(24)14(15)8-18(31-21(29)20-28-5-6-33-20)13-3-4-17(32-22(25)26)19(7-13)30-11-12-1-2-12/h3-4,7,9-10,12,18,20,22,28H,1-2,5-6,8,11H2/t18-,20?/m0/s1. The van der Waals surface area contributed by atoms with Crippen LogP contribution in [0.1, 0.15) is 30.1 Å². The number of rotatable bonds is 10. The first kappa shape index (κ1) is 24.3. The Balaban J connectivity index is 1.63. The molecule has 1 N–H and O–H groups in total. The molecule has 4 rings (SSSR count). The smallest absolute Gasteiger partial charge is 0.387 e. The van der Waals surface area contributed by atoms with Crippen molar-refractivity contribution in [2.75, 3.05) is 18.9 Å². The Kier molecular flexibility index (Phi) is 8.16. The zero-order valence-corrected chi connectivity index (χ0v) is 19.8. The van der Waals surface area contributed by atoms with E-state index in [1.807, 2.05) is 0 Å². The van der Waals surface area contributed by atoms with Gasteiger partial charge in [0.25, 0.3) is 0 Å². The molecule has 1 aromatic carbocycles. The quantitative estimate of drug-likeness (QED) is 0.429. The lowest BCUT2D eigenvalue weighted by Crippen LogP contribution is -2.32. The minimum absolute atomic E-state index is 0.0764. The number of esters is 1. The molecule has 1 aromatic heterocycles. The van der Waals surface area contributed by atoms with E-state index in [0.717, 1.165) is 18.6 Å². The van der Waals surface area contributed by atoms with Crippen molar-refractivity contribution in [2.24, 2.45) is 5.92 Å². The fraction of sp³-hybridized carbons (Fsp3) is 0.455. The molecule has 178 valence electrons. The summed E-state index contributed by atoms with van der Waals surface area (Å²) in [6.07, 6.45) is 4.37. The van der Waals surface area contributed by atoms with E-state index in [1.54, 1.807) is 12.1 Å². The number of thioether (sulfide) groups is 1. The molecule has 1 unspecified atom stereocenters. The van der Waals surface area contributed by atoms with Crippen molar-refractivity contribution in [3.05, 3.63) is 51.8 Å². The number of alkyl halides is 2. The Hall–Kier alpha value is -1.81. The molecule has 1 saturated heterocycles. The fourth-order valence-corrected chi connectivity index (χ4v) is 4.77. The molecule has 2 heterocycles. The van der Waals surface area contributed by atoms with Gasteiger partial charge in [-0.05, 0) is 42.0 Å². The number of hydrogen-bond donors (Lipinski definition) is 1. The van der Waals surface area contributed by atoms with Crippen LogP contribution in [0.4, 0.5) is 8.78 Å². The highest BCUT2D eigenvalue weighted by Gasteiger charge is 2.30. The van der Waals surface area contributed by atoms with Gasteiger partial charge in [-0.25, -0.2) is 4.79 Å². The van der Waals surface area contributed by atoms with Crippen LogP contribution in [0.25, 0.3) is 0 Å². The van der Waals surface area contributed by atoms with Crippen LogP contribution < -0.4 is 14.8 Å². The van der Waals surface area contributed by atoms with Gasteiger partial charge in [-0.3, -0.25) is 10.3 Å². The fourth-order valence-electron chi connectivity index (χ4n) is 3.35. The zero-order valence-electron chi connectivity index (χ0n) is 17.4. The molecule has 2 fully saturated rings. The summed E-state index contributed by atoms with van der Waals surface area (Å²) in [6.45, 7) is -1.89. The van der Waals surface area contributed by atoms with E-state index >= 15 is 0 Å². The Labute approximate surface area is 204 Å². The number of halogens is 4. The van der Waals surface area contributed by atoms with Crippen LogP contribution in [0.2, 0.25) is 10.0 Å². The summed E-state index contributed by atoms with van der Waals surface area (Å²) < 4.78 is 42.0. The first-order valence-electron chi connectivity index (χ1n) is 10.5. The number of carbonyl (C=O) groups excluding carboxylic acids is 1. The Morgan fingerprint density at radius 1 is 1.21 bits per heavy atom. The van der Waals surface area contributed by atoms with Gasteiger partial charge in [0, 0.05) is 31.1 Å². The predicted molar refractivity (Wildman–Crippen MR) is 122 cm³/mol. The van der Waals surface area contributed by atoms with Crippen molar-refractivity contribution in [3.8, 4) is 11.5 Å². The third-order valence-corrected chi connectivity index (χ3v) is 7.04. The number of aromatic nitrogens is 1. The van der Waals surface area contributed by atoms with Gasteiger partial charge in [0.15, 0.2) is 16.9 Å². The van der Waals surface area contributed by atoms with Gasteiger partial charge in [0.1, 0.15) is 6.10 Å². The third kappa shape index (κ3) is 6.62. The van der Waals surface area contributed by atoms with Crippen molar-refractivity contribution < 1.29 is 27.8 Å². The van der Waals surface area contributed by atoms with E-state index in [9.17, 15) is 13.6 Å². The minimum Gasteiger partial charge on any atom is -0.489 e. The van der Waals surface area contributed by atoms with Crippen LogP contribution >= 0.6 is 35.0 Å². The number of carbonyl (C=O) groups is 1. The number of nitrogens with one attached hydrogen (secondary N) is 1. The van der Waals surface area contributed by atoms with E-state index < -0.39 is 24.1 Å². The molecule has 2 aromatic rings. The van der Waals surface area contributed by atoms with E-state index in [4.69, 9.17) is 32.7 Å². The zero-order chi connectivity index (χ0) is 23.4. The molecule has 2 aliphatic rings. The molecule has 6 nitrogen and oxygen atoms in total. The summed E-state index contributed by atoms with van der Waals surface area (Å²) in [5.74, 6) is 0.859. The van der Waals surface area contributed by atoms with Gasteiger partial charge < -0.3 is 14.2 Å². The molecule has 0 radical (unpaired) electrons. The van der Waals surface area contributed by atoms with E-state index in [1.165, 1.54) is 30.2 Å². The average molecular weight is 519 g/mol. The number of pyridine rings is 1. The highest BCUT2D eigenvalue weighted by atomic mass is 35.5. The van der Waals surface area contributed by atoms with Gasteiger partial charge in [-0.15, -0.1) is 11.8 Å². The van der Waals surface area contributed by atoms with Gasteiger partial charge >= 0.3 is 12.6 Å². The molecule has 1 aliphatic carbocycles. The van der Waals surface area contributed by atoms with E-state index in [2.05, 4.69) is 15.0 Å². The van der Waals surface area contributed by atoms with Crippen molar-refractivity contribution in [3.63, 3.8) is 0 Å². The molecule has 33 heavy (non-hydrogen) atoms. The molecule has 2 atom stereocenters. The van der Waals surface area contributed by atoms with E-state index in [0.29, 0.717) is 40.2 Å². The average Bonchev–Trinajstić information content (AvgIpc) is 3.44. The molecular weight excluding hydrogens is 497 g/mol. The molecule has 0 bridgehead atoms. The Morgan fingerprint density at radius 3 is 2.61 bits per heavy atom. The lowest BCUT2D eigenvalue weighted by atomic mass is 10.0. The maximum Gasteiger partial charge on any atom is 0.387 e. The molecule has 0 spiro atoms. The van der Waals surface area contributed by atoms with Gasteiger partial charge in [-0.2, -0.15) is 8.78 Å². The molecule has 1 aliphatic heterocycles. The van der Waals surface area contributed by atoms with Crippen LogP contribution in [-0.4, -0.2) is 41.8 Å². The first-order chi connectivity index (χ1) is 15.9. The lowest BCUT2D eigenvalue weighted by molar-refractivity contribution is -0.149. The second-order valence-electron chi connectivity index (χ2n) is 7.76. The topological polar surface area (TPSA) is 69.7 Å². The first-order valence-corrected chi connectivity index (χ1v) is 12.3. The molecular formula is C22H22Cl2F2N2O4S. The highest BCUT2D eigenvalue weighted by Crippen LogP contribution is 2.38. The summed E-state index contributed by atoms with van der Waals surface area (Å²) in [6, 6.07) is 4.52. The maximum absolute atomic E-state index is 12.9. The maximum atomic E-state index is 12.9. The minimum atomic E-state index is -2.99. The normalized spacial score (nSPS) is 18.9. The number of ether oxygens (including phenoxy) is 3. The number of hydrogen-bond acceptors (Lipinski definition) is 7. The number of benzene rings is 1. The van der Waals surface area contributed by atoms with Crippen molar-refractivity contribution in [1.29, 1.82) is 0 Å². The van der Waals surface area contributed by atoms with Crippen molar-refractivity contribution in [1.82, 2.24) is 10.3 Å². The Bertz CT molecular complexity index is 971. The highest BCUT2D eigenvalue weighted by molar-refractivity contribution is 8.00. The van der Waals surface area contributed by atoms with Crippen LogP contribution in [0, 0.1) is 5.92 Å². The summed E-state index contributed by atoms with van der Waals surface area (Å²) in [5.41, 5.74) is 1.11. The SMILES string of the molecule is O=C(O[C@@H](Cc1c(Cl)cncc1Cl)c1ccc(OC(F)F)c(OCC2CC2)c1)C1NCCS1. The van der Waals surface area contributed by atoms with Gasteiger partial charge in [0.05, 0.1) is 16.7 Å². The van der Waals surface area contributed by atoms with Gasteiger partial charge in [0.2, 0.25) is 0 Å². The lowest BCUT2D eigenvalue weighted by Gasteiger charge is -2.23. The second-order valence-corrected chi connectivity index (χ2v) is 9.78. The predicted octanol–water partition coefficient (Wildman–Crippen LogP) is 5.27. The van der Waals surface area contributed by atoms with Gasteiger partial charge in [-0.1, -0.05) is 29.3 Å². The second kappa shape index (κ2) is 11.1. The Morgan fingerprint density at radius 2 is 1.97 bits per heavy atom. The summed E-state index contributed by atoms with van der Waals surface area (Å²) in [7, 11) is 0. The van der Waals surface area contributed by atoms with Crippen molar-refractivity contribution in [2.45, 2.75) is 37.4 Å². The largest absolute Gasteiger partial charge is 0.489 e. The van der Waals surface area contributed by atoms with Crippen LogP contribution in [-0.2, 0) is 16.0 Å². The molecule has 0 amide bonds. The van der Waals surface area contributed by atoms with Crippen LogP contribution in [0.15, 0.2) is 30.6 Å². The molecule has 11 heteroatoms. The summed E-state index contributed by atoms with van der Waals surface area (Å²) in [4.78, 5) is 16.7. The number of nitrogens with zero attached hydrogens (tertiary/aromatic N) is 1. The van der Waals surface area contributed by atoms with Crippen LogP contribution in [0.3, 0.4) is 0 Å². The van der Waals surface area contributed by atoms with Crippen molar-refractivity contribution >= 4 is 40.9 Å². The molecule has 1 saturated carbocycles. The monoisotopic (exact) mass is 518 g/mol. The summed E-state index contributed by atoms with van der Waals surface area (Å²) in [5, 5.41) is 3.26. The van der Waals surface area contributed by atoms with Crippen LogP contribution in [0.5, 0.6) is 11.5 Å². The van der Waals surface area contributed by atoms with E-state index in [-0.39, 0.29) is 17.9 Å².